The van der Waals surface area contributed by atoms with Crippen LogP contribution in [-0.2, 0) is 11.3 Å². The molecule has 3 rings (SSSR count). The van der Waals surface area contributed by atoms with Gasteiger partial charge in [-0.1, -0.05) is 18.2 Å². The van der Waals surface area contributed by atoms with E-state index in [0.29, 0.717) is 18.7 Å². The quantitative estimate of drug-likeness (QED) is 0.768. The molecule has 2 aliphatic rings. The molecule has 5 heteroatoms. The monoisotopic (exact) mass is 257 g/mol. The van der Waals surface area contributed by atoms with Crippen LogP contribution < -0.4 is 10.6 Å². The van der Waals surface area contributed by atoms with Gasteiger partial charge in [0.2, 0.25) is 5.91 Å². The lowest BCUT2D eigenvalue weighted by molar-refractivity contribution is -0.116. The van der Waals surface area contributed by atoms with Gasteiger partial charge in [0.1, 0.15) is 6.04 Å². The second-order valence-electron chi connectivity index (χ2n) is 4.80. The van der Waals surface area contributed by atoms with Crippen LogP contribution in [0.1, 0.15) is 15.9 Å². The normalized spacial score (nSPS) is 20.8. The average molecular weight is 257 g/mol. The van der Waals surface area contributed by atoms with Gasteiger partial charge in [-0.2, -0.15) is 0 Å². The summed E-state index contributed by atoms with van der Waals surface area (Å²) in [5.41, 5.74) is 2.29. The van der Waals surface area contributed by atoms with Crippen LogP contribution in [0.25, 0.3) is 0 Å². The molecule has 19 heavy (non-hydrogen) atoms. The Morgan fingerprint density at radius 3 is 3.05 bits per heavy atom. The van der Waals surface area contributed by atoms with Gasteiger partial charge in [-0.3, -0.25) is 14.9 Å². The van der Waals surface area contributed by atoms with E-state index in [-0.39, 0.29) is 17.9 Å². The van der Waals surface area contributed by atoms with Crippen molar-refractivity contribution in [3.63, 3.8) is 0 Å². The second kappa shape index (κ2) is 4.51. The molecule has 98 valence electrons. The van der Waals surface area contributed by atoms with Crippen molar-refractivity contribution in [3.05, 3.63) is 41.5 Å². The predicted octanol–water partition coefficient (Wildman–Crippen LogP) is 0.739. The second-order valence-corrected chi connectivity index (χ2v) is 4.80. The highest BCUT2D eigenvalue weighted by molar-refractivity contribution is 6.03. The van der Waals surface area contributed by atoms with Crippen LogP contribution in [0.3, 0.4) is 0 Å². The van der Waals surface area contributed by atoms with E-state index in [9.17, 15) is 9.59 Å². The first kappa shape index (κ1) is 11.9. The summed E-state index contributed by atoms with van der Waals surface area (Å²) >= 11 is 0. The summed E-state index contributed by atoms with van der Waals surface area (Å²) in [5, 5.41) is 5.96. The molecule has 0 aromatic heterocycles. The third-order valence-corrected chi connectivity index (χ3v) is 3.47. The number of nitrogens with one attached hydrogen (secondary N) is 2. The molecule has 1 aromatic carbocycles. The van der Waals surface area contributed by atoms with Crippen molar-refractivity contribution in [2.45, 2.75) is 12.6 Å². The minimum absolute atomic E-state index is 0.00462. The molecule has 0 spiro atoms. The number of rotatable bonds is 2. The van der Waals surface area contributed by atoms with Gasteiger partial charge >= 0.3 is 0 Å². The number of fused-ring (bicyclic) bond motifs is 1. The van der Waals surface area contributed by atoms with E-state index in [2.05, 4.69) is 10.6 Å². The van der Waals surface area contributed by atoms with Crippen molar-refractivity contribution in [3.8, 4) is 0 Å². The van der Waals surface area contributed by atoms with E-state index in [0.717, 1.165) is 11.3 Å². The highest BCUT2D eigenvalue weighted by Gasteiger charge is 2.27. The van der Waals surface area contributed by atoms with Gasteiger partial charge < -0.3 is 10.2 Å². The van der Waals surface area contributed by atoms with Gasteiger partial charge in [-0.15, -0.1) is 0 Å². The molecule has 0 saturated heterocycles. The molecule has 1 aromatic rings. The van der Waals surface area contributed by atoms with E-state index in [1.165, 1.54) is 0 Å². The standard InChI is InChI=1S/C14H15N3O2/c1-17-8-10-9(14(17)19)4-2-5-11(10)16-13(18)12-6-3-7-15-12/h2-6,12,15H,7-8H2,1H3,(H,16,18). The van der Waals surface area contributed by atoms with Gasteiger partial charge in [0.15, 0.2) is 0 Å². The highest BCUT2D eigenvalue weighted by atomic mass is 16.2. The van der Waals surface area contributed by atoms with E-state index in [1.807, 2.05) is 18.2 Å². The Kier molecular flexibility index (Phi) is 2.83. The van der Waals surface area contributed by atoms with Crippen LogP contribution in [-0.4, -0.2) is 36.3 Å². The summed E-state index contributed by atoms with van der Waals surface area (Å²) in [6.45, 7) is 1.25. The van der Waals surface area contributed by atoms with Crippen molar-refractivity contribution in [1.82, 2.24) is 10.2 Å². The van der Waals surface area contributed by atoms with Crippen LogP contribution in [0, 0.1) is 0 Å². The molecule has 0 saturated carbocycles. The van der Waals surface area contributed by atoms with Crippen molar-refractivity contribution >= 4 is 17.5 Å². The summed E-state index contributed by atoms with van der Waals surface area (Å²) in [6.07, 6.45) is 3.77. The van der Waals surface area contributed by atoms with Crippen LogP contribution in [0.15, 0.2) is 30.4 Å². The van der Waals surface area contributed by atoms with Gasteiger partial charge in [-0.25, -0.2) is 0 Å². The molecule has 0 radical (unpaired) electrons. The van der Waals surface area contributed by atoms with E-state index < -0.39 is 0 Å². The maximum atomic E-state index is 12.1. The number of benzene rings is 1. The van der Waals surface area contributed by atoms with Crippen LogP contribution >= 0.6 is 0 Å². The molecule has 5 nitrogen and oxygen atoms in total. The Morgan fingerprint density at radius 1 is 1.47 bits per heavy atom. The van der Waals surface area contributed by atoms with E-state index >= 15 is 0 Å². The van der Waals surface area contributed by atoms with Crippen LogP contribution in [0.5, 0.6) is 0 Å². The summed E-state index contributed by atoms with van der Waals surface area (Å²) in [5.74, 6) is -0.0888. The number of carbonyl (C=O) groups is 2. The molecular weight excluding hydrogens is 242 g/mol. The molecule has 1 unspecified atom stereocenters. The minimum Gasteiger partial charge on any atom is -0.337 e. The lowest BCUT2D eigenvalue weighted by atomic mass is 10.1. The third kappa shape index (κ3) is 2.02. The van der Waals surface area contributed by atoms with E-state index in [1.54, 1.807) is 24.1 Å². The highest BCUT2D eigenvalue weighted by Crippen LogP contribution is 2.28. The summed E-state index contributed by atoms with van der Waals surface area (Å²) < 4.78 is 0. The fourth-order valence-corrected chi connectivity index (χ4v) is 2.45. The maximum absolute atomic E-state index is 12.1. The van der Waals surface area contributed by atoms with Crippen molar-refractivity contribution < 1.29 is 9.59 Å². The Bertz CT molecular complexity index is 580. The molecule has 1 atom stereocenters. The summed E-state index contributed by atoms with van der Waals surface area (Å²) in [4.78, 5) is 25.6. The number of hydrogen-bond donors (Lipinski definition) is 2. The maximum Gasteiger partial charge on any atom is 0.254 e. The fourth-order valence-electron chi connectivity index (χ4n) is 2.45. The number of anilines is 1. The smallest absolute Gasteiger partial charge is 0.254 e. The van der Waals surface area contributed by atoms with Gasteiger partial charge in [0.05, 0.1) is 0 Å². The first-order chi connectivity index (χ1) is 9.16. The molecule has 2 heterocycles. The first-order valence-electron chi connectivity index (χ1n) is 6.25. The summed E-state index contributed by atoms with van der Waals surface area (Å²) in [6, 6.07) is 5.14. The van der Waals surface area contributed by atoms with Crippen molar-refractivity contribution in [2.24, 2.45) is 0 Å². The van der Waals surface area contributed by atoms with Gasteiger partial charge in [0, 0.05) is 37.0 Å². The van der Waals surface area contributed by atoms with Crippen molar-refractivity contribution in [2.75, 3.05) is 18.9 Å². The minimum atomic E-state index is -0.286. The molecule has 0 aliphatic carbocycles. The number of hydrogen-bond acceptors (Lipinski definition) is 3. The van der Waals surface area contributed by atoms with Crippen LogP contribution in [0.4, 0.5) is 5.69 Å². The predicted molar refractivity (Wildman–Crippen MR) is 71.8 cm³/mol. The Labute approximate surface area is 111 Å². The number of nitrogens with zero attached hydrogens (tertiary/aromatic N) is 1. The van der Waals surface area contributed by atoms with Crippen molar-refractivity contribution in [1.29, 1.82) is 0 Å². The van der Waals surface area contributed by atoms with Crippen LogP contribution in [0.2, 0.25) is 0 Å². The zero-order valence-electron chi connectivity index (χ0n) is 10.6. The Morgan fingerprint density at radius 2 is 2.32 bits per heavy atom. The Balaban J connectivity index is 1.85. The topological polar surface area (TPSA) is 61.4 Å². The SMILES string of the molecule is CN1Cc2c(NC(=O)C3C=CCN3)cccc2C1=O. The molecule has 2 N–H and O–H groups in total. The first-order valence-corrected chi connectivity index (χ1v) is 6.25. The lowest BCUT2D eigenvalue weighted by Gasteiger charge is -2.13. The van der Waals surface area contributed by atoms with Gasteiger partial charge in [0.25, 0.3) is 5.91 Å². The number of amides is 2. The molecule has 2 amide bonds. The zero-order chi connectivity index (χ0) is 13.4. The van der Waals surface area contributed by atoms with E-state index in [4.69, 9.17) is 0 Å². The molecular formula is C14H15N3O2. The third-order valence-electron chi connectivity index (χ3n) is 3.47. The largest absolute Gasteiger partial charge is 0.337 e. The Hall–Kier alpha value is -2.14. The summed E-state index contributed by atoms with van der Waals surface area (Å²) in [7, 11) is 1.76. The molecule has 2 aliphatic heterocycles. The average Bonchev–Trinajstić information content (AvgIpc) is 3.01. The lowest BCUT2D eigenvalue weighted by Crippen LogP contribution is -2.35. The molecule has 0 bridgehead atoms. The van der Waals surface area contributed by atoms with Gasteiger partial charge in [-0.05, 0) is 12.1 Å². The number of carbonyl (C=O) groups excluding carboxylic acids is 2. The molecule has 0 fully saturated rings. The fraction of sp³-hybridized carbons (Fsp3) is 0.286. The zero-order valence-corrected chi connectivity index (χ0v) is 10.6.